The first-order valence-corrected chi connectivity index (χ1v) is 8.71. The van der Waals surface area contributed by atoms with Crippen LogP contribution in [0.3, 0.4) is 0 Å². The Labute approximate surface area is 160 Å². The Hall–Kier alpha value is -3.27. The lowest BCUT2D eigenvalue weighted by Crippen LogP contribution is -2.51. The zero-order valence-electron chi connectivity index (χ0n) is 15.4. The van der Waals surface area contributed by atoms with E-state index in [0.29, 0.717) is 24.2 Å². The molecule has 3 rings (SSSR count). The lowest BCUT2D eigenvalue weighted by Gasteiger charge is -2.37. The first kappa shape index (κ1) is 18.5. The number of unbranched alkanes of at least 4 members (excludes halogenated alkanes) is 1. The van der Waals surface area contributed by atoms with Crippen LogP contribution >= 0.6 is 0 Å². The number of ketones is 1. The summed E-state index contributed by atoms with van der Waals surface area (Å²) in [6, 6.07) is 19.2. The molecular formula is C24H20O3. The minimum atomic E-state index is -1.31. The van der Waals surface area contributed by atoms with Crippen molar-refractivity contribution in [3.63, 3.8) is 0 Å². The highest BCUT2D eigenvalue weighted by Crippen LogP contribution is 2.43. The molecule has 0 amide bonds. The fraction of sp³-hybridized carbons (Fsp3) is 0.208. The van der Waals surface area contributed by atoms with Crippen LogP contribution in [-0.2, 0) is 14.3 Å². The molecule has 134 valence electrons. The zero-order valence-corrected chi connectivity index (χ0v) is 15.4. The normalized spacial score (nSPS) is 17.9. The van der Waals surface area contributed by atoms with Gasteiger partial charge in [-0.2, -0.15) is 0 Å². The third kappa shape index (κ3) is 3.65. The molecule has 0 N–H and O–H groups in total. The van der Waals surface area contributed by atoms with Gasteiger partial charge in [0, 0.05) is 25.5 Å². The van der Waals surface area contributed by atoms with Crippen molar-refractivity contribution >= 4 is 11.4 Å². The van der Waals surface area contributed by atoms with Gasteiger partial charge in [-0.3, -0.25) is 4.79 Å². The number of rotatable bonds is 4. The van der Waals surface area contributed by atoms with Crippen LogP contribution in [0.2, 0.25) is 0 Å². The number of methoxy groups -OCH3 is 2. The predicted octanol–water partition coefficient (Wildman–Crippen LogP) is 3.85. The quantitative estimate of drug-likeness (QED) is 0.617. The van der Waals surface area contributed by atoms with Crippen molar-refractivity contribution in [1.29, 1.82) is 0 Å². The van der Waals surface area contributed by atoms with Crippen LogP contribution < -0.4 is 0 Å². The number of benzene rings is 2. The number of carbonyl (C=O) groups is 1. The molecule has 0 fully saturated rings. The first-order valence-electron chi connectivity index (χ1n) is 8.71. The Balaban J connectivity index is 1.74. The molecule has 3 heteroatoms. The van der Waals surface area contributed by atoms with E-state index in [2.05, 4.69) is 23.7 Å². The van der Waals surface area contributed by atoms with Crippen molar-refractivity contribution < 1.29 is 14.3 Å². The maximum atomic E-state index is 12.8. The maximum Gasteiger partial charge on any atom is 0.250 e. The minimum Gasteiger partial charge on any atom is -0.496 e. The second-order valence-corrected chi connectivity index (χ2v) is 5.96. The summed E-state index contributed by atoms with van der Waals surface area (Å²) in [7, 11) is 3.01. The van der Waals surface area contributed by atoms with Crippen molar-refractivity contribution in [2.75, 3.05) is 14.2 Å². The average Bonchev–Trinajstić information content (AvgIpc) is 2.72. The lowest BCUT2D eigenvalue weighted by atomic mass is 9.74. The van der Waals surface area contributed by atoms with Gasteiger partial charge in [0.1, 0.15) is 0 Å². The van der Waals surface area contributed by atoms with Crippen molar-refractivity contribution in [3.05, 3.63) is 77.5 Å². The maximum absolute atomic E-state index is 12.8. The number of ether oxygens (including phenoxy) is 2. The van der Waals surface area contributed by atoms with Gasteiger partial charge in [-0.1, -0.05) is 72.2 Å². The van der Waals surface area contributed by atoms with E-state index in [4.69, 9.17) is 9.47 Å². The van der Waals surface area contributed by atoms with Crippen molar-refractivity contribution in [1.82, 2.24) is 0 Å². The summed E-state index contributed by atoms with van der Waals surface area (Å²) in [6.45, 7) is 0. The predicted molar refractivity (Wildman–Crippen MR) is 105 cm³/mol. The molecule has 0 heterocycles. The second-order valence-electron chi connectivity index (χ2n) is 5.96. The fourth-order valence-corrected chi connectivity index (χ4v) is 2.96. The molecule has 2 aromatic carbocycles. The molecule has 2 aromatic rings. The van der Waals surface area contributed by atoms with Crippen LogP contribution in [0.25, 0.3) is 5.57 Å². The Morgan fingerprint density at radius 3 is 2.15 bits per heavy atom. The summed E-state index contributed by atoms with van der Waals surface area (Å²) in [6.07, 6.45) is 1.17. The number of carbonyl (C=O) groups excluding carboxylic acids is 1. The van der Waals surface area contributed by atoms with E-state index in [1.807, 2.05) is 60.7 Å². The van der Waals surface area contributed by atoms with Crippen LogP contribution in [0, 0.1) is 23.7 Å². The van der Waals surface area contributed by atoms with Gasteiger partial charge in [0.25, 0.3) is 0 Å². The molecule has 0 bridgehead atoms. The first-order chi connectivity index (χ1) is 13.2. The van der Waals surface area contributed by atoms with Crippen molar-refractivity contribution in [2.45, 2.75) is 18.4 Å². The van der Waals surface area contributed by atoms with Crippen LogP contribution in [-0.4, -0.2) is 25.6 Å². The van der Waals surface area contributed by atoms with E-state index in [1.165, 1.54) is 14.2 Å². The highest BCUT2D eigenvalue weighted by atomic mass is 16.5. The highest BCUT2D eigenvalue weighted by molar-refractivity contribution is 6.35. The number of hydrogen-bond donors (Lipinski definition) is 0. The fourth-order valence-electron chi connectivity index (χ4n) is 2.96. The van der Waals surface area contributed by atoms with Crippen molar-refractivity contribution in [3.8, 4) is 23.7 Å². The molecule has 0 saturated heterocycles. The summed E-state index contributed by atoms with van der Waals surface area (Å²) in [4.78, 5) is 12.8. The standard InChI is InChI=1S/C24H20O3/c1-26-23-21(20-16-10-6-11-17-20)22(25)24(23,27-2)18-12-4-3-7-13-19-14-8-5-9-15-19/h5-6,8-11,14-17H,3-4H2,1-2H3. The summed E-state index contributed by atoms with van der Waals surface area (Å²) < 4.78 is 10.9. The van der Waals surface area contributed by atoms with Crippen LogP contribution in [0.5, 0.6) is 0 Å². The topological polar surface area (TPSA) is 35.5 Å². The van der Waals surface area contributed by atoms with E-state index >= 15 is 0 Å². The van der Waals surface area contributed by atoms with Crippen molar-refractivity contribution in [2.24, 2.45) is 0 Å². The zero-order chi connectivity index (χ0) is 19.1. The van der Waals surface area contributed by atoms with Gasteiger partial charge in [0.15, 0.2) is 5.76 Å². The average molecular weight is 356 g/mol. The molecule has 0 radical (unpaired) electrons. The molecule has 0 aromatic heterocycles. The van der Waals surface area contributed by atoms with Crippen LogP contribution in [0.4, 0.5) is 0 Å². The number of Topliss-reactive ketones (excluding diaryl/α,β-unsaturated/α-hetero) is 1. The summed E-state index contributed by atoms with van der Waals surface area (Å²) in [5.41, 5.74) is 0.998. The molecule has 27 heavy (non-hydrogen) atoms. The van der Waals surface area contributed by atoms with Crippen LogP contribution in [0.15, 0.2) is 66.4 Å². The van der Waals surface area contributed by atoms with Gasteiger partial charge >= 0.3 is 0 Å². The summed E-state index contributed by atoms with van der Waals surface area (Å²) in [5.74, 6) is 12.5. The Morgan fingerprint density at radius 1 is 0.889 bits per heavy atom. The van der Waals surface area contributed by atoms with E-state index in [9.17, 15) is 4.79 Å². The third-order valence-electron chi connectivity index (χ3n) is 4.31. The molecule has 0 aliphatic heterocycles. The van der Waals surface area contributed by atoms with E-state index in [1.54, 1.807) is 0 Å². The van der Waals surface area contributed by atoms with Gasteiger partial charge in [0.2, 0.25) is 11.4 Å². The van der Waals surface area contributed by atoms with Gasteiger partial charge in [0.05, 0.1) is 12.7 Å². The minimum absolute atomic E-state index is 0.170. The monoisotopic (exact) mass is 356 g/mol. The van der Waals surface area contributed by atoms with Gasteiger partial charge in [-0.05, 0) is 17.7 Å². The molecule has 1 aliphatic rings. The molecule has 1 unspecified atom stereocenters. The molecule has 0 saturated carbocycles. The van der Waals surface area contributed by atoms with Gasteiger partial charge in [-0.15, -0.1) is 0 Å². The Kier molecular flexibility index (Phi) is 5.77. The largest absolute Gasteiger partial charge is 0.496 e. The van der Waals surface area contributed by atoms with Gasteiger partial charge < -0.3 is 9.47 Å². The van der Waals surface area contributed by atoms with E-state index in [-0.39, 0.29) is 5.78 Å². The number of hydrogen-bond acceptors (Lipinski definition) is 3. The SMILES string of the molecule is COC1=C(c2ccccc2)C(=O)C1(C#CCCC#Cc1ccccc1)OC. The van der Waals surface area contributed by atoms with Crippen LogP contribution in [0.1, 0.15) is 24.0 Å². The smallest absolute Gasteiger partial charge is 0.250 e. The Morgan fingerprint density at radius 2 is 1.52 bits per heavy atom. The van der Waals surface area contributed by atoms with E-state index < -0.39 is 5.60 Å². The molecule has 1 atom stereocenters. The Bertz CT molecular complexity index is 966. The molecular weight excluding hydrogens is 336 g/mol. The summed E-state index contributed by atoms with van der Waals surface area (Å²) >= 11 is 0. The molecule has 0 spiro atoms. The van der Waals surface area contributed by atoms with E-state index in [0.717, 1.165) is 11.1 Å². The second kappa shape index (κ2) is 8.41. The molecule has 1 aliphatic carbocycles. The summed E-state index contributed by atoms with van der Waals surface area (Å²) in [5, 5.41) is 0. The van der Waals surface area contributed by atoms with Gasteiger partial charge in [-0.25, -0.2) is 0 Å². The molecule has 3 nitrogen and oxygen atoms in total. The third-order valence-corrected chi connectivity index (χ3v) is 4.31. The highest BCUT2D eigenvalue weighted by Gasteiger charge is 2.56. The lowest BCUT2D eigenvalue weighted by molar-refractivity contribution is -0.132.